The van der Waals surface area contributed by atoms with Gasteiger partial charge in [-0.2, -0.15) is 0 Å². The number of pyridine rings is 1. The van der Waals surface area contributed by atoms with Crippen LogP contribution in [-0.2, 0) is 4.79 Å². The van der Waals surface area contributed by atoms with Crippen molar-refractivity contribution in [2.45, 2.75) is 13.3 Å². The Kier molecular flexibility index (Phi) is 4.38. The Hall–Kier alpha value is -2.18. The molecule has 0 aliphatic heterocycles. The smallest absolute Gasteiger partial charge is 0.308 e. The van der Waals surface area contributed by atoms with Gasteiger partial charge in [-0.05, 0) is 12.5 Å². The number of nitrogens with zero attached hydrogens (tertiary/aromatic N) is 2. The first-order valence-corrected chi connectivity index (χ1v) is 5.11. The maximum absolute atomic E-state index is 10.7. The maximum Gasteiger partial charge on any atom is 0.308 e. The molecule has 0 bridgehead atoms. The third-order valence-corrected chi connectivity index (χ3v) is 2.33. The van der Waals surface area contributed by atoms with Crippen LogP contribution in [0.3, 0.4) is 0 Å². The molecule has 7 nitrogen and oxygen atoms in total. The van der Waals surface area contributed by atoms with Gasteiger partial charge in [0.1, 0.15) is 12.0 Å². The van der Waals surface area contributed by atoms with Crippen molar-refractivity contribution >= 4 is 17.5 Å². The van der Waals surface area contributed by atoms with Crippen molar-refractivity contribution in [1.29, 1.82) is 0 Å². The third kappa shape index (κ3) is 3.71. The van der Waals surface area contributed by atoms with Gasteiger partial charge in [0, 0.05) is 12.6 Å². The normalized spacial score (nSPS) is 11.8. The van der Waals surface area contributed by atoms with Crippen LogP contribution in [0.2, 0.25) is 0 Å². The lowest BCUT2D eigenvalue weighted by Crippen LogP contribution is -2.22. The Morgan fingerprint density at radius 2 is 2.35 bits per heavy atom. The summed E-state index contributed by atoms with van der Waals surface area (Å²) >= 11 is 0. The van der Waals surface area contributed by atoms with Gasteiger partial charge >= 0.3 is 5.97 Å². The highest BCUT2D eigenvalue weighted by atomic mass is 16.6. The zero-order valence-corrected chi connectivity index (χ0v) is 9.29. The summed E-state index contributed by atoms with van der Waals surface area (Å²) in [6.45, 7) is 2.03. The third-order valence-electron chi connectivity index (χ3n) is 2.33. The molecule has 0 spiro atoms. The molecule has 2 N–H and O–H groups in total. The molecule has 1 heterocycles. The van der Waals surface area contributed by atoms with Crippen LogP contribution in [0.1, 0.15) is 13.3 Å². The summed E-state index contributed by atoms with van der Waals surface area (Å²) in [5.41, 5.74) is -0.0965. The summed E-state index contributed by atoms with van der Waals surface area (Å²) in [5.74, 6) is -0.941. The highest BCUT2D eigenvalue weighted by molar-refractivity contribution is 5.70. The Labute approximate surface area is 97.6 Å². The summed E-state index contributed by atoms with van der Waals surface area (Å²) in [7, 11) is 0. The number of nitrogens with one attached hydrogen (secondary N) is 1. The molecule has 1 rings (SSSR count). The molecule has 0 radical (unpaired) electrons. The van der Waals surface area contributed by atoms with Crippen LogP contribution in [-0.4, -0.2) is 27.5 Å². The lowest BCUT2D eigenvalue weighted by atomic mass is 10.1. The van der Waals surface area contributed by atoms with Gasteiger partial charge in [0.2, 0.25) is 0 Å². The Bertz CT molecular complexity index is 405. The van der Waals surface area contributed by atoms with E-state index >= 15 is 0 Å². The minimum atomic E-state index is -0.873. The van der Waals surface area contributed by atoms with Gasteiger partial charge in [0.25, 0.3) is 5.69 Å². The summed E-state index contributed by atoms with van der Waals surface area (Å²) < 4.78 is 0. The van der Waals surface area contributed by atoms with Gasteiger partial charge in [0.05, 0.1) is 10.8 Å². The Morgan fingerprint density at radius 3 is 2.76 bits per heavy atom. The average Bonchev–Trinajstić information content (AvgIpc) is 2.30. The molecule has 0 saturated heterocycles. The molecule has 7 heteroatoms. The molecule has 1 atom stereocenters. The number of carboxylic acid groups (broad SMARTS) is 1. The highest BCUT2D eigenvalue weighted by Crippen LogP contribution is 2.12. The zero-order valence-electron chi connectivity index (χ0n) is 9.29. The van der Waals surface area contributed by atoms with Crippen LogP contribution < -0.4 is 5.32 Å². The second kappa shape index (κ2) is 5.78. The number of nitro groups is 1. The topological polar surface area (TPSA) is 105 Å². The first kappa shape index (κ1) is 12.9. The van der Waals surface area contributed by atoms with Gasteiger partial charge in [-0.15, -0.1) is 0 Å². The molecule has 17 heavy (non-hydrogen) atoms. The Balaban J connectivity index is 2.58. The van der Waals surface area contributed by atoms with Crippen molar-refractivity contribution in [3.8, 4) is 0 Å². The minimum absolute atomic E-state index is 0.0965. The minimum Gasteiger partial charge on any atom is -0.481 e. The van der Waals surface area contributed by atoms with Crippen molar-refractivity contribution in [3.05, 3.63) is 28.4 Å². The summed E-state index contributed by atoms with van der Waals surface area (Å²) in [5, 5.41) is 22.0. The van der Waals surface area contributed by atoms with Crippen LogP contribution in [0.5, 0.6) is 0 Å². The van der Waals surface area contributed by atoms with E-state index in [0.717, 1.165) is 6.20 Å². The van der Waals surface area contributed by atoms with Crippen LogP contribution in [0, 0.1) is 16.0 Å². The van der Waals surface area contributed by atoms with Gasteiger partial charge in [-0.25, -0.2) is 4.98 Å². The predicted octanol–water partition coefficient (Wildman–Crippen LogP) is 1.51. The van der Waals surface area contributed by atoms with Crippen molar-refractivity contribution < 1.29 is 14.8 Å². The molecule has 92 valence electrons. The van der Waals surface area contributed by atoms with Gasteiger partial charge in [-0.3, -0.25) is 14.9 Å². The van der Waals surface area contributed by atoms with E-state index in [1.165, 1.54) is 12.1 Å². The van der Waals surface area contributed by atoms with Crippen LogP contribution in [0.25, 0.3) is 0 Å². The molecule has 0 aromatic carbocycles. The SMILES string of the molecule is CCC(CNc1ccc([N+](=O)[O-])cn1)C(=O)O. The van der Waals surface area contributed by atoms with E-state index < -0.39 is 16.8 Å². The van der Waals surface area contributed by atoms with Crippen molar-refractivity contribution in [1.82, 2.24) is 4.98 Å². The summed E-state index contributed by atoms with van der Waals surface area (Å²) in [6.07, 6.45) is 1.64. The molecule has 1 aromatic rings. The first-order valence-electron chi connectivity index (χ1n) is 5.11. The van der Waals surface area contributed by atoms with E-state index in [0.29, 0.717) is 12.2 Å². The number of aromatic nitrogens is 1. The predicted molar refractivity (Wildman–Crippen MR) is 60.8 cm³/mol. The standard InChI is InChI=1S/C10H13N3O4/c1-2-7(10(14)15)5-11-9-4-3-8(6-12-9)13(16)17/h3-4,6-7H,2,5H2,1H3,(H,11,12)(H,14,15). The molecular formula is C10H13N3O4. The van der Waals surface area contributed by atoms with Crippen molar-refractivity contribution in [3.63, 3.8) is 0 Å². The van der Waals surface area contributed by atoms with E-state index in [9.17, 15) is 14.9 Å². The molecule has 0 aliphatic carbocycles. The van der Waals surface area contributed by atoms with Crippen LogP contribution in [0.4, 0.5) is 11.5 Å². The average molecular weight is 239 g/mol. The van der Waals surface area contributed by atoms with E-state index in [-0.39, 0.29) is 12.2 Å². The van der Waals surface area contributed by atoms with Crippen molar-refractivity contribution in [2.24, 2.45) is 5.92 Å². The summed E-state index contributed by atoms with van der Waals surface area (Å²) in [6, 6.07) is 2.77. The quantitative estimate of drug-likeness (QED) is 0.575. The largest absolute Gasteiger partial charge is 0.481 e. The number of carboxylic acids is 1. The number of aliphatic carboxylic acids is 1. The molecule has 0 aliphatic rings. The molecular weight excluding hydrogens is 226 g/mol. The highest BCUT2D eigenvalue weighted by Gasteiger charge is 2.14. The molecule has 1 unspecified atom stereocenters. The van der Waals surface area contributed by atoms with Crippen LogP contribution in [0.15, 0.2) is 18.3 Å². The Morgan fingerprint density at radius 1 is 1.65 bits per heavy atom. The molecule has 1 aromatic heterocycles. The van der Waals surface area contributed by atoms with E-state index in [1.807, 2.05) is 0 Å². The van der Waals surface area contributed by atoms with E-state index in [1.54, 1.807) is 6.92 Å². The number of hydrogen-bond acceptors (Lipinski definition) is 5. The number of hydrogen-bond donors (Lipinski definition) is 2. The fourth-order valence-electron chi connectivity index (χ4n) is 1.23. The van der Waals surface area contributed by atoms with Crippen molar-refractivity contribution in [2.75, 3.05) is 11.9 Å². The first-order chi connectivity index (χ1) is 8.04. The number of anilines is 1. The van der Waals surface area contributed by atoms with E-state index in [2.05, 4.69) is 10.3 Å². The number of carbonyl (C=O) groups is 1. The van der Waals surface area contributed by atoms with Gasteiger partial charge in [0.15, 0.2) is 0 Å². The fourth-order valence-corrected chi connectivity index (χ4v) is 1.23. The van der Waals surface area contributed by atoms with Gasteiger partial charge < -0.3 is 10.4 Å². The summed E-state index contributed by atoms with van der Waals surface area (Å²) in [4.78, 5) is 24.4. The second-order valence-electron chi connectivity index (χ2n) is 3.48. The lowest BCUT2D eigenvalue weighted by molar-refractivity contribution is -0.385. The molecule has 0 saturated carbocycles. The molecule has 0 amide bonds. The monoisotopic (exact) mass is 239 g/mol. The fraction of sp³-hybridized carbons (Fsp3) is 0.400. The van der Waals surface area contributed by atoms with Gasteiger partial charge in [-0.1, -0.05) is 6.92 Å². The number of rotatable bonds is 6. The molecule has 0 fully saturated rings. The second-order valence-corrected chi connectivity index (χ2v) is 3.48. The lowest BCUT2D eigenvalue weighted by Gasteiger charge is -2.10. The zero-order chi connectivity index (χ0) is 12.8. The van der Waals surface area contributed by atoms with Crippen LogP contribution >= 0.6 is 0 Å². The van der Waals surface area contributed by atoms with E-state index in [4.69, 9.17) is 5.11 Å². The maximum atomic E-state index is 10.7.